The van der Waals surface area contributed by atoms with E-state index in [9.17, 15) is 5.11 Å². The van der Waals surface area contributed by atoms with Crippen molar-refractivity contribution in [3.63, 3.8) is 0 Å². The number of hydrogen-bond acceptors (Lipinski definition) is 1. The van der Waals surface area contributed by atoms with Crippen molar-refractivity contribution in [1.82, 2.24) is 0 Å². The molecule has 1 N–H and O–H groups in total. The zero-order valence-corrected chi connectivity index (χ0v) is 15.7. The lowest BCUT2D eigenvalue weighted by Crippen LogP contribution is -2.50. The van der Waals surface area contributed by atoms with Crippen LogP contribution in [0, 0.1) is 52.8 Å². The van der Waals surface area contributed by atoms with Crippen LogP contribution in [-0.2, 0) is 0 Å². The Balaban J connectivity index is 1.64. The molecule has 4 rings (SSSR count). The smallest absolute Gasteiger partial charge is 0.0577 e. The summed E-state index contributed by atoms with van der Waals surface area (Å²) in [7, 11) is 0. The van der Waals surface area contributed by atoms with E-state index < -0.39 is 0 Å². The molecule has 0 aromatic carbocycles. The second-order valence-electron chi connectivity index (χ2n) is 9.84. The third-order valence-electron chi connectivity index (χ3n) is 9.02. The van der Waals surface area contributed by atoms with Gasteiger partial charge in [0.15, 0.2) is 0 Å². The first-order valence-electron chi connectivity index (χ1n) is 10.2. The zero-order valence-electron chi connectivity index (χ0n) is 15.7. The van der Waals surface area contributed by atoms with Crippen molar-refractivity contribution in [1.29, 1.82) is 0 Å². The molecule has 0 saturated heterocycles. The van der Waals surface area contributed by atoms with E-state index >= 15 is 0 Å². The second kappa shape index (κ2) is 5.63. The quantitative estimate of drug-likeness (QED) is 0.519. The lowest BCUT2D eigenvalue weighted by molar-refractivity contribution is -0.0535. The number of hydrogen-bond donors (Lipinski definition) is 1. The standard InChI is InChI=1S/C23H34O/c1-5-15(2)19-8-9-20-18-7-6-16-14-17(24)10-12-22(16,3)21(18)11-13-23(19,20)4/h1,6,15,17-21,24H,7-14H2,2-4H3/t15-,17+,18?,19-,20?,21?,22+,23-/m1/s1. The van der Waals surface area contributed by atoms with E-state index in [4.69, 9.17) is 6.42 Å². The van der Waals surface area contributed by atoms with Crippen LogP contribution in [0.2, 0.25) is 0 Å². The van der Waals surface area contributed by atoms with Crippen LogP contribution in [0.25, 0.3) is 0 Å². The molecule has 0 spiro atoms. The number of rotatable bonds is 1. The lowest BCUT2D eigenvalue weighted by atomic mass is 9.47. The first kappa shape index (κ1) is 16.7. The first-order valence-corrected chi connectivity index (χ1v) is 10.2. The van der Waals surface area contributed by atoms with Gasteiger partial charge in [-0.25, -0.2) is 0 Å². The van der Waals surface area contributed by atoms with Crippen molar-refractivity contribution >= 4 is 0 Å². The molecule has 24 heavy (non-hydrogen) atoms. The lowest BCUT2D eigenvalue weighted by Gasteiger charge is -2.58. The van der Waals surface area contributed by atoms with Crippen LogP contribution in [0.15, 0.2) is 11.6 Å². The van der Waals surface area contributed by atoms with Crippen molar-refractivity contribution in [2.24, 2.45) is 40.4 Å². The van der Waals surface area contributed by atoms with Gasteiger partial charge < -0.3 is 5.11 Å². The number of fused-ring (bicyclic) bond motifs is 5. The molecule has 3 saturated carbocycles. The molecule has 0 amide bonds. The van der Waals surface area contributed by atoms with E-state index in [0.29, 0.717) is 16.7 Å². The van der Waals surface area contributed by atoms with Gasteiger partial charge in [-0.05, 0) is 85.9 Å². The van der Waals surface area contributed by atoms with Gasteiger partial charge in [0, 0.05) is 5.92 Å². The molecule has 1 heteroatoms. The zero-order chi connectivity index (χ0) is 17.1. The summed E-state index contributed by atoms with van der Waals surface area (Å²) in [6, 6.07) is 0. The van der Waals surface area contributed by atoms with Crippen molar-refractivity contribution in [2.45, 2.75) is 78.2 Å². The average Bonchev–Trinajstić information content (AvgIpc) is 2.92. The minimum atomic E-state index is -0.0953. The topological polar surface area (TPSA) is 20.2 Å². The summed E-state index contributed by atoms with van der Waals surface area (Å²) in [5.41, 5.74) is 2.40. The normalized spacial score (nSPS) is 51.6. The number of aliphatic hydroxyl groups excluding tert-OH is 1. The molecule has 0 bridgehead atoms. The molecule has 3 unspecified atom stereocenters. The number of terminal acetylenes is 1. The maximum atomic E-state index is 10.1. The van der Waals surface area contributed by atoms with Gasteiger partial charge in [0.25, 0.3) is 0 Å². The molecule has 3 fully saturated rings. The fourth-order valence-electron chi connectivity index (χ4n) is 7.62. The second-order valence-corrected chi connectivity index (χ2v) is 9.84. The highest BCUT2D eigenvalue weighted by molar-refractivity contribution is 5.25. The first-order chi connectivity index (χ1) is 11.4. The maximum Gasteiger partial charge on any atom is 0.0577 e. The maximum absolute atomic E-state index is 10.1. The van der Waals surface area contributed by atoms with E-state index in [1.54, 1.807) is 5.57 Å². The largest absolute Gasteiger partial charge is 0.393 e. The summed E-state index contributed by atoms with van der Waals surface area (Å²) < 4.78 is 0. The van der Waals surface area contributed by atoms with Crippen molar-refractivity contribution in [3.8, 4) is 12.3 Å². The van der Waals surface area contributed by atoms with Crippen LogP contribution < -0.4 is 0 Å². The summed E-state index contributed by atoms with van der Waals surface area (Å²) in [5.74, 6) is 6.75. The minimum Gasteiger partial charge on any atom is -0.393 e. The van der Waals surface area contributed by atoms with Gasteiger partial charge in [-0.2, -0.15) is 0 Å². The molecular formula is C23H34O. The van der Waals surface area contributed by atoms with Crippen LogP contribution in [0.5, 0.6) is 0 Å². The Morgan fingerprint density at radius 1 is 1.17 bits per heavy atom. The fraction of sp³-hybridized carbons (Fsp3) is 0.826. The monoisotopic (exact) mass is 326 g/mol. The molecule has 0 heterocycles. The van der Waals surface area contributed by atoms with Gasteiger partial charge >= 0.3 is 0 Å². The van der Waals surface area contributed by atoms with Crippen LogP contribution >= 0.6 is 0 Å². The Kier molecular flexibility index (Phi) is 3.92. The van der Waals surface area contributed by atoms with E-state index in [-0.39, 0.29) is 6.10 Å². The van der Waals surface area contributed by atoms with Crippen LogP contribution in [-0.4, -0.2) is 11.2 Å². The summed E-state index contributed by atoms with van der Waals surface area (Å²) in [5, 5.41) is 10.1. The Bertz CT molecular complexity index is 583. The van der Waals surface area contributed by atoms with E-state index in [0.717, 1.165) is 36.5 Å². The predicted molar refractivity (Wildman–Crippen MR) is 99.2 cm³/mol. The summed E-state index contributed by atoms with van der Waals surface area (Å²) in [4.78, 5) is 0. The Morgan fingerprint density at radius 2 is 1.96 bits per heavy atom. The SMILES string of the molecule is C#C[C@@H](C)[C@H]1CCC2C3CC=C4C[C@@H](O)CC[C@]4(C)C3CC[C@@]21C. The molecule has 4 aliphatic carbocycles. The van der Waals surface area contributed by atoms with Gasteiger partial charge in [-0.1, -0.05) is 32.4 Å². The molecule has 132 valence electrons. The van der Waals surface area contributed by atoms with Gasteiger partial charge in [0.1, 0.15) is 0 Å². The van der Waals surface area contributed by atoms with E-state index in [1.165, 1.54) is 38.5 Å². The molecule has 0 radical (unpaired) electrons. The van der Waals surface area contributed by atoms with Crippen LogP contribution in [0.4, 0.5) is 0 Å². The third kappa shape index (κ3) is 2.18. The molecule has 0 aromatic heterocycles. The van der Waals surface area contributed by atoms with Crippen molar-refractivity contribution < 1.29 is 5.11 Å². The molecule has 4 aliphatic rings. The summed E-state index contributed by atoms with van der Waals surface area (Å²) >= 11 is 0. The minimum absolute atomic E-state index is 0.0953. The van der Waals surface area contributed by atoms with Crippen LogP contribution in [0.1, 0.15) is 72.1 Å². The van der Waals surface area contributed by atoms with Gasteiger partial charge in [0.2, 0.25) is 0 Å². The third-order valence-corrected chi connectivity index (χ3v) is 9.02. The molecular weight excluding hydrogens is 292 g/mol. The molecule has 0 aliphatic heterocycles. The van der Waals surface area contributed by atoms with Crippen molar-refractivity contribution in [2.75, 3.05) is 0 Å². The Morgan fingerprint density at radius 3 is 2.71 bits per heavy atom. The van der Waals surface area contributed by atoms with Gasteiger partial charge in [-0.15, -0.1) is 12.3 Å². The summed E-state index contributed by atoms with van der Waals surface area (Å²) in [6.45, 7) is 7.35. The van der Waals surface area contributed by atoms with Crippen molar-refractivity contribution in [3.05, 3.63) is 11.6 Å². The highest BCUT2D eigenvalue weighted by Gasteiger charge is 2.59. The number of allylic oxidation sites excluding steroid dienone is 1. The molecule has 8 atom stereocenters. The highest BCUT2D eigenvalue weighted by Crippen LogP contribution is 2.67. The molecule has 1 nitrogen and oxygen atoms in total. The Hall–Kier alpha value is -0.740. The van der Waals surface area contributed by atoms with E-state index in [2.05, 4.69) is 32.8 Å². The fourth-order valence-corrected chi connectivity index (χ4v) is 7.62. The Labute approximate surface area is 148 Å². The summed E-state index contributed by atoms with van der Waals surface area (Å²) in [6.07, 6.45) is 18.1. The average molecular weight is 327 g/mol. The highest BCUT2D eigenvalue weighted by atomic mass is 16.3. The van der Waals surface area contributed by atoms with E-state index in [1.807, 2.05) is 0 Å². The molecule has 0 aromatic rings. The predicted octanol–water partition coefficient (Wildman–Crippen LogP) is 5.20. The van der Waals surface area contributed by atoms with Gasteiger partial charge in [0.05, 0.1) is 6.10 Å². The van der Waals surface area contributed by atoms with Gasteiger partial charge in [-0.3, -0.25) is 0 Å². The number of aliphatic hydroxyl groups is 1. The van der Waals surface area contributed by atoms with Crippen LogP contribution in [0.3, 0.4) is 0 Å².